The van der Waals surface area contributed by atoms with Crippen molar-refractivity contribution in [3.05, 3.63) is 132 Å². The van der Waals surface area contributed by atoms with Crippen molar-refractivity contribution in [1.29, 1.82) is 5.26 Å². The van der Waals surface area contributed by atoms with Gasteiger partial charge in [0.15, 0.2) is 5.82 Å². The maximum Gasteiger partial charge on any atom is 0.247 e. The van der Waals surface area contributed by atoms with Crippen LogP contribution in [0.5, 0.6) is 0 Å². The van der Waals surface area contributed by atoms with Crippen molar-refractivity contribution in [1.82, 2.24) is 24.6 Å². The lowest BCUT2D eigenvalue weighted by atomic mass is 10.1. The third kappa shape index (κ3) is 5.95. The van der Waals surface area contributed by atoms with Crippen LogP contribution in [0.15, 0.2) is 103 Å². The number of carbonyl (C=O) groups is 1. The average Bonchev–Trinajstić information content (AvgIpc) is 3.38. The molecule has 2 heterocycles. The SMILES string of the molecule is N#Cc1ccc(Cn2cnnc2CN(Cc2ccccc2)C(=O)/C=C/c2ccc3ccccc3n2)cc1. The molecule has 37 heavy (non-hydrogen) atoms. The molecule has 0 saturated carbocycles. The summed E-state index contributed by atoms with van der Waals surface area (Å²) in [6, 6.07) is 31.2. The molecule has 7 nitrogen and oxygen atoms in total. The van der Waals surface area contributed by atoms with E-state index in [4.69, 9.17) is 5.26 Å². The van der Waals surface area contributed by atoms with Gasteiger partial charge in [-0.3, -0.25) is 4.79 Å². The van der Waals surface area contributed by atoms with Crippen molar-refractivity contribution in [3.63, 3.8) is 0 Å². The lowest BCUT2D eigenvalue weighted by Crippen LogP contribution is -2.30. The molecule has 2 aromatic heterocycles. The molecule has 5 aromatic rings. The van der Waals surface area contributed by atoms with E-state index in [-0.39, 0.29) is 5.91 Å². The van der Waals surface area contributed by atoms with E-state index in [1.54, 1.807) is 35.5 Å². The third-order valence-corrected chi connectivity index (χ3v) is 6.01. The summed E-state index contributed by atoms with van der Waals surface area (Å²) in [7, 11) is 0. The van der Waals surface area contributed by atoms with Crippen LogP contribution in [0.25, 0.3) is 17.0 Å². The van der Waals surface area contributed by atoms with Gasteiger partial charge in [0.2, 0.25) is 5.91 Å². The largest absolute Gasteiger partial charge is 0.327 e. The second kappa shape index (κ2) is 11.1. The minimum Gasteiger partial charge on any atom is -0.327 e. The van der Waals surface area contributed by atoms with Crippen molar-refractivity contribution < 1.29 is 4.79 Å². The number of para-hydroxylation sites is 1. The van der Waals surface area contributed by atoms with Gasteiger partial charge < -0.3 is 9.47 Å². The van der Waals surface area contributed by atoms with Crippen LogP contribution in [0.2, 0.25) is 0 Å². The fourth-order valence-corrected chi connectivity index (χ4v) is 4.04. The number of hydrogen-bond donors (Lipinski definition) is 0. The summed E-state index contributed by atoms with van der Waals surface area (Å²) in [6.45, 7) is 1.26. The van der Waals surface area contributed by atoms with Crippen LogP contribution in [0.4, 0.5) is 0 Å². The first kappa shape index (κ1) is 23.6. The fraction of sp³-hybridized carbons (Fsp3) is 0.100. The van der Waals surface area contributed by atoms with Crippen molar-refractivity contribution >= 4 is 22.9 Å². The highest BCUT2D eigenvalue weighted by Crippen LogP contribution is 2.15. The Hall–Kier alpha value is -5.09. The molecule has 0 bridgehead atoms. The number of nitrogens with zero attached hydrogens (tertiary/aromatic N) is 6. The Morgan fingerprint density at radius 1 is 0.892 bits per heavy atom. The fourth-order valence-electron chi connectivity index (χ4n) is 4.04. The second-order valence-electron chi connectivity index (χ2n) is 8.63. The van der Waals surface area contributed by atoms with Gasteiger partial charge in [0, 0.05) is 18.0 Å². The predicted octanol–water partition coefficient (Wildman–Crippen LogP) is 4.99. The van der Waals surface area contributed by atoms with E-state index in [1.807, 2.05) is 83.4 Å². The maximum atomic E-state index is 13.4. The lowest BCUT2D eigenvalue weighted by Gasteiger charge is -2.21. The number of nitriles is 1. The van der Waals surface area contributed by atoms with Crippen LogP contribution < -0.4 is 0 Å². The molecule has 0 N–H and O–H groups in total. The number of pyridine rings is 1. The first-order valence-corrected chi connectivity index (χ1v) is 11.9. The Labute approximate surface area is 215 Å². The molecule has 0 saturated heterocycles. The highest BCUT2D eigenvalue weighted by Gasteiger charge is 2.16. The van der Waals surface area contributed by atoms with E-state index in [2.05, 4.69) is 21.3 Å². The standard InChI is InChI=1S/C30H24N6O/c31-18-23-10-12-25(13-11-23)20-36-22-32-34-29(36)21-35(19-24-6-2-1-3-7-24)30(37)17-16-27-15-14-26-8-4-5-9-28(26)33-27/h1-17,22H,19-21H2/b17-16+. The van der Waals surface area contributed by atoms with E-state index in [9.17, 15) is 4.79 Å². The quantitative estimate of drug-likeness (QED) is 0.290. The van der Waals surface area contributed by atoms with Crippen molar-refractivity contribution in [3.8, 4) is 6.07 Å². The Morgan fingerprint density at radius 2 is 1.68 bits per heavy atom. The summed E-state index contributed by atoms with van der Waals surface area (Å²) in [5.74, 6) is 0.526. The highest BCUT2D eigenvalue weighted by molar-refractivity contribution is 5.92. The summed E-state index contributed by atoms with van der Waals surface area (Å²) in [5, 5.41) is 18.5. The van der Waals surface area contributed by atoms with E-state index >= 15 is 0 Å². The molecule has 1 amide bonds. The monoisotopic (exact) mass is 484 g/mol. The summed E-state index contributed by atoms with van der Waals surface area (Å²) < 4.78 is 1.92. The molecule has 0 atom stereocenters. The molecular formula is C30H24N6O. The van der Waals surface area contributed by atoms with Crippen molar-refractivity contribution in [2.75, 3.05) is 0 Å². The first-order valence-electron chi connectivity index (χ1n) is 11.9. The predicted molar refractivity (Wildman–Crippen MR) is 142 cm³/mol. The maximum absolute atomic E-state index is 13.4. The molecule has 0 aliphatic carbocycles. The minimum absolute atomic E-state index is 0.147. The number of aromatic nitrogens is 4. The van der Waals surface area contributed by atoms with Crippen LogP contribution in [0, 0.1) is 11.3 Å². The highest BCUT2D eigenvalue weighted by atomic mass is 16.2. The number of hydrogen-bond acceptors (Lipinski definition) is 5. The van der Waals surface area contributed by atoms with Crippen molar-refractivity contribution in [2.45, 2.75) is 19.6 Å². The minimum atomic E-state index is -0.147. The normalized spacial score (nSPS) is 11.0. The van der Waals surface area contributed by atoms with Gasteiger partial charge in [-0.05, 0) is 41.5 Å². The van der Waals surface area contributed by atoms with Crippen molar-refractivity contribution in [2.24, 2.45) is 0 Å². The van der Waals surface area contributed by atoms with Gasteiger partial charge in [0.1, 0.15) is 6.33 Å². The van der Waals surface area contributed by atoms with Gasteiger partial charge in [-0.1, -0.05) is 66.7 Å². The van der Waals surface area contributed by atoms with Gasteiger partial charge in [0.25, 0.3) is 0 Å². The zero-order valence-corrected chi connectivity index (χ0v) is 20.1. The molecule has 3 aromatic carbocycles. The lowest BCUT2D eigenvalue weighted by molar-refractivity contribution is -0.127. The smallest absolute Gasteiger partial charge is 0.247 e. The van der Waals surface area contributed by atoms with Gasteiger partial charge in [-0.15, -0.1) is 10.2 Å². The van der Waals surface area contributed by atoms with Gasteiger partial charge in [-0.25, -0.2) is 4.98 Å². The van der Waals surface area contributed by atoms with E-state index in [0.29, 0.717) is 31.0 Å². The van der Waals surface area contributed by atoms with Crippen LogP contribution in [0.1, 0.15) is 28.2 Å². The number of amides is 1. The Balaban J connectivity index is 1.36. The van der Waals surface area contributed by atoms with Crippen LogP contribution in [-0.4, -0.2) is 30.6 Å². The van der Waals surface area contributed by atoms with Crippen LogP contribution in [0.3, 0.4) is 0 Å². The Bertz CT molecular complexity index is 1580. The zero-order valence-electron chi connectivity index (χ0n) is 20.1. The molecule has 5 rings (SSSR count). The van der Waals surface area contributed by atoms with E-state index in [1.165, 1.54) is 0 Å². The van der Waals surface area contributed by atoms with E-state index < -0.39 is 0 Å². The summed E-state index contributed by atoms with van der Waals surface area (Å²) >= 11 is 0. The third-order valence-electron chi connectivity index (χ3n) is 6.01. The molecule has 0 unspecified atom stereocenters. The summed E-state index contributed by atoms with van der Waals surface area (Å²) in [5.41, 5.74) is 4.25. The molecule has 0 aliphatic heterocycles. The second-order valence-corrected chi connectivity index (χ2v) is 8.63. The zero-order chi connectivity index (χ0) is 25.5. The van der Waals surface area contributed by atoms with E-state index in [0.717, 1.165) is 27.7 Å². The Morgan fingerprint density at radius 3 is 2.49 bits per heavy atom. The van der Waals surface area contributed by atoms with Crippen LogP contribution in [-0.2, 0) is 24.4 Å². The molecule has 7 heteroatoms. The molecule has 0 aliphatic rings. The molecule has 0 radical (unpaired) electrons. The molecular weight excluding hydrogens is 460 g/mol. The van der Waals surface area contributed by atoms with Gasteiger partial charge >= 0.3 is 0 Å². The van der Waals surface area contributed by atoms with Crippen LogP contribution >= 0.6 is 0 Å². The van der Waals surface area contributed by atoms with Gasteiger partial charge in [-0.2, -0.15) is 5.26 Å². The number of carbonyl (C=O) groups excluding carboxylic acids is 1. The topological polar surface area (TPSA) is 87.7 Å². The van der Waals surface area contributed by atoms with Gasteiger partial charge in [0.05, 0.1) is 35.9 Å². The average molecular weight is 485 g/mol. The number of fused-ring (bicyclic) bond motifs is 1. The summed E-state index contributed by atoms with van der Waals surface area (Å²) in [6.07, 6.45) is 4.96. The number of benzene rings is 3. The molecule has 0 spiro atoms. The first-order chi connectivity index (χ1) is 18.2. The Kier molecular flexibility index (Phi) is 7.09. The molecule has 0 fully saturated rings. The summed E-state index contributed by atoms with van der Waals surface area (Å²) in [4.78, 5) is 19.8. The number of rotatable bonds is 8. The molecule has 180 valence electrons.